The number of benzene rings is 3. The van der Waals surface area contributed by atoms with Gasteiger partial charge in [0.1, 0.15) is 11.2 Å². The summed E-state index contributed by atoms with van der Waals surface area (Å²) in [6, 6.07) is 31.0. The molecule has 1 aliphatic carbocycles. The minimum absolute atomic E-state index is 0.0318. The van der Waals surface area contributed by atoms with Crippen molar-refractivity contribution in [2.45, 2.75) is 18.0 Å². The average molecular weight is 393 g/mol. The molecule has 0 saturated heterocycles. The van der Waals surface area contributed by atoms with Crippen LogP contribution in [0.25, 0.3) is 0 Å². The second-order valence-corrected chi connectivity index (χ2v) is 7.84. The van der Waals surface area contributed by atoms with Crippen LogP contribution in [0, 0.1) is 5.92 Å². The van der Waals surface area contributed by atoms with Gasteiger partial charge in [-0.05, 0) is 23.1 Å². The van der Waals surface area contributed by atoms with Gasteiger partial charge in [-0.25, -0.2) is 4.98 Å². The Kier molecular flexibility index (Phi) is 4.57. The maximum Gasteiger partial charge on any atom is 0.187 e. The van der Waals surface area contributed by atoms with E-state index in [4.69, 9.17) is 5.73 Å². The molecule has 3 aromatic carbocycles. The Labute approximate surface area is 176 Å². The van der Waals surface area contributed by atoms with Crippen LogP contribution >= 0.6 is 0 Å². The third-order valence-corrected chi connectivity index (χ3v) is 5.97. The molecule has 1 aromatic heterocycles. The summed E-state index contributed by atoms with van der Waals surface area (Å²) in [6.07, 6.45) is 4.39. The Balaban J connectivity index is 1.77. The lowest BCUT2D eigenvalue weighted by molar-refractivity contribution is 0.0961. The molecule has 0 radical (unpaired) electrons. The number of imidazole rings is 1. The van der Waals surface area contributed by atoms with Gasteiger partial charge >= 0.3 is 0 Å². The zero-order valence-electron chi connectivity index (χ0n) is 16.6. The van der Waals surface area contributed by atoms with E-state index in [2.05, 4.69) is 45.9 Å². The molecule has 0 unspecified atom stereocenters. The van der Waals surface area contributed by atoms with E-state index in [9.17, 15) is 4.79 Å². The highest BCUT2D eigenvalue weighted by Gasteiger charge is 2.43. The number of hydrogen-bond acceptors (Lipinski definition) is 3. The van der Waals surface area contributed by atoms with Crippen molar-refractivity contribution < 1.29 is 4.79 Å². The number of carbonyl (C=O) groups excluding carboxylic acids is 1. The Morgan fingerprint density at radius 1 is 0.833 bits per heavy atom. The first-order valence-electron chi connectivity index (χ1n) is 10.2. The molecule has 1 aliphatic rings. The third kappa shape index (κ3) is 2.97. The number of ketones is 1. The number of nitrogens with two attached hydrogens (primary N) is 1. The molecule has 4 heteroatoms. The Hall–Kier alpha value is -3.50. The van der Waals surface area contributed by atoms with Crippen LogP contribution in [0.5, 0.6) is 0 Å². The van der Waals surface area contributed by atoms with Crippen molar-refractivity contribution in [1.82, 2.24) is 9.55 Å². The topological polar surface area (TPSA) is 60.9 Å². The molecule has 0 bridgehead atoms. The van der Waals surface area contributed by atoms with Gasteiger partial charge in [-0.1, -0.05) is 91.0 Å². The molecule has 0 amide bonds. The molecule has 4 nitrogen and oxygen atoms in total. The highest BCUT2D eigenvalue weighted by Crippen LogP contribution is 2.41. The fraction of sp³-hybridized carbons (Fsp3) is 0.154. The molecule has 0 aliphatic heterocycles. The fourth-order valence-electron chi connectivity index (χ4n) is 4.32. The van der Waals surface area contributed by atoms with Crippen LogP contribution in [0.1, 0.15) is 33.6 Å². The quantitative estimate of drug-likeness (QED) is 0.393. The van der Waals surface area contributed by atoms with Gasteiger partial charge in [0.25, 0.3) is 0 Å². The second kappa shape index (κ2) is 7.39. The van der Waals surface area contributed by atoms with Crippen LogP contribution in [-0.4, -0.2) is 21.4 Å². The normalized spacial score (nSPS) is 18.2. The molecular formula is C26H23N3O. The molecule has 148 valence electrons. The first-order chi connectivity index (χ1) is 14.7. The summed E-state index contributed by atoms with van der Waals surface area (Å²) in [7, 11) is 0. The summed E-state index contributed by atoms with van der Waals surface area (Å²) < 4.78 is 2.06. The Morgan fingerprint density at radius 3 is 1.67 bits per heavy atom. The predicted molar refractivity (Wildman–Crippen MR) is 117 cm³/mol. The maximum absolute atomic E-state index is 12.8. The molecule has 30 heavy (non-hydrogen) atoms. The van der Waals surface area contributed by atoms with Crippen LogP contribution in [0.4, 0.5) is 0 Å². The summed E-state index contributed by atoms with van der Waals surface area (Å²) in [4.78, 5) is 17.3. The van der Waals surface area contributed by atoms with E-state index < -0.39 is 5.54 Å². The van der Waals surface area contributed by atoms with Crippen molar-refractivity contribution in [3.8, 4) is 0 Å². The summed E-state index contributed by atoms with van der Waals surface area (Å²) in [5.41, 5.74) is 9.03. The first-order valence-corrected chi connectivity index (χ1v) is 10.2. The summed E-state index contributed by atoms with van der Waals surface area (Å²) in [6.45, 7) is 0. The molecule has 5 rings (SSSR count). The van der Waals surface area contributed by atoms with Crippen molar-refractivity contribution in [2.75, 3.05) is 0 Å². The average Bonchev–Trinajstić information content (AvgIpc) is 3.33. The summed E-state index contributed by atoms with van der Waals surface area (Å²) in [5, 5.41) is 0. The zero-order chi connectivity index (χ0) is 20.6. The van der Waals surface area contributed by atoms with E-state index in [1.807, 2.05) is 60.8 Å². The molecule has 1 saturated carbocycles. The maximum atomic E-state index is 12.8. The minimum atomic E-state index is -0.652. The van der Waals surface area contributed by atoms with Crippen molar-refractivity contribution >= 4 is 5.78 Å². The van der Waals surface area contributed by atoms with E-state index in [1.165, 1.54) is 0 Å². The number of carbonyl (C=O) groups is 1. The Bertz CT molecular complexity index is 1060. The number of nitrogens with zero attached hydrogens (tertiary/aromatic N) is 2. The van der Waals surface area contributed by atoms with Crippen LogP contribution in [0.15, 0.2) is 104 Å². The lowest BCUT2D eigenvalue weighted by Gasteiger charge is -2.37. The van der Waals surface area contributed by atoms with Gasteiger partial charge in [0, 0.05) is 18.2 Å². The van der Waals surface area contributed by atoms with Gasteiger partial charge in [0.15, 0.2) is 5.78 Å². The largest absolute Gasteiger partial charge is 0.327 e. The second-order valence-electron chi connectivity index (χ2n) is 7.84. The number of Topliss-reactive ketones (excluding diaryl/α,β-unsaturated/α-hetero) is 1. The molecule has 1 heterocycles. The molecule has 1 fully saturated rings. The van der Waals surface area contributed by atoms with E-state index in [1.54, 1.807) is 6.33 Å². The lowest BCUT2D eigenvalue weighted by Crippen LogP contribution is -2.37. The molecule has 4 aromatic rings. The standard InChI is InChI=1S/C26H23N3O/c27-23-16-22(23)25(30)24-17-29(18-28-24)26(19-10-4-1-5-11-19,20-12-6-2-7-13-20)21-14-8-3-9-15-21/h1-15,17-18,22-23H,16,27H2/t22-,23-/m1/s1. The zero-order valence-corrected chi connectivity index (χ0v) is 16.6. The van der Waals surface area contributed by atoms with Crippen LogP contribution < -0.4 is 5.73 Å². The van der Waals surface area contributed by atoms with E-state index in [-0.39, 0.29) is 17.7 Å². The highest BCUT2D eigenvalue weighted by atomic mass is 16.1. The van der Waals surface area contributed by atoms with Gasteiger partial charge in [0.05, 0.1) is 6.33 Å². The van der Waals surface area contributed by atoms with Gasteiger partial charge in [-0.3, -0.25) is 4.79 Å². The first kappa shape index (κ1) is 18.5. The Morgan fingerprint density at radius 2 is 1.27 bits per heavy atom. The van der Waals surface area contributed by atoms with Crippen LogP contribution in [-0.2, 0) is 5.54 Å². The number of rotatable bonds is 6. The van der Waals surface area contributed by atoms with Gasteiger partial charge in [0.2, 0.25) is 0 Å². The van der Waals surface area contributed by atoms with Crippen LogP contribution in [0.2, 0.25) is 0 Å². The lowest BCUT2D eigenvalue weighted by atomic mass is 9.77. The molecule has 0 spiro atoms. The smallest absolute Gasteiger partial charge is 0.187 e. The van der Waals surface area contributed by atoms with Gasteiger partial charge < -0.3 is 10.3 Å². The van der Waals surface area contributed by atoms with Crippen molar-refractivity contribution in [3.63, 3.8) is 0 Å². The molecule has 2 N–H and O–H groups in total. The highest BCUT2D eigenvalue weighted by molar-refractivity contribution is 5.98. The summed E-state index contributed by atoms with van der Waals surface area (Å²) >= 11 is 0. The minimum Gasteiger partial charge on any atom is -0.327 e. The van der Waals surface area contributed by atoms with E-state index in [0.29, 0.717) is 5.69 Å². The van der Waals surface area contributed by atoms with E-state index >= 15 is 0 Å². The summed E-state index contributed by atoms with van der Waals surface area (Å²) in [5.74, 6) is -0.0720. The third-order valence-electron chi connectivity index (χ3n) is 5.97. The number of aromatic nitrogens is 2. The van der Waals surface area contributed by atoms with Crippen molar-refractivity contribution in [1.29, 1.82) is 0 Å². The van der Waals surface area contributed by atoms with Crippen molar-refractivity contribution in [3.05, 3.63) is 126 Å². The number of hydrogen-bond donors (Lipinski definition) is 1. The van der Waals surface area contributed by atoms with Crippen molar-refractivity contribution in [2.24, 2.45) is 11.7 Å². The van der Waals surface area contributed by atoms with Crippen LogP contribution in [0.3, 0.4) is 0 Å². The predicted octanol–water partition coefficient (Wildman–Crippen LogP) is 4.25. The van der Waals surface area contributed by atoms with E-state index in [0.717, 1.165) is 23.1 Å². The SMILES string of the molecule is N[C@@H]1C[C@H]1C(=O)c1cn(C(c2ccccc2)(c2ccccc2)c2ccccc2)cn1. The molecule has 2 atom stereocenters. The van der Waals surface area contributed by atoms with Gasteiger partial charge in [-0.15, -0.1) is 0 Å². The van der Waals surface area contributed by atoms with Gasteiger partial charge in [-0.2, -0.15) is 0 Å². The molecular weight excluding hydrogens is 370 g/mol. The fourth-order valence-corrected chi connectivity index (χ4v) is 4.32. The monoisotopic (exact) mass is 393 g/mol.